The molecule has 0 bridgehead atoms. The maximum absolute atomic E-state index is 12.6. The van der Waals surface area contributed by atoms with Gasteiger partial charge in [-0.3, -0.25) is 4.72 Å². The molecular weight excluding hydrogens is 422 g/mol. The van der Waals surface area contributed by atoms with E-state index in [1.165, 1.54) is 7.11 Å². The summed E-state index contributed by atoms with van der Waals surface area (Å²) in [5, 5.41) is 0. The SMILES string of the molecule is COc1ccc(Br)cc1NS(=O)(=O)c1cc(Br)ccc1C. The summed E-state index contributed by atoms with van der Waals surface area (Å²) in [6.45, 7) is 1.75. The van der Waals surface area contributed by atoms with Crippen molar-refractivity contribution in [3.05, 3.63) is 50.9 Å². The monoisotopic (exact) mass is 433 g/mol. The Balaban J connectivity index is 2.47. The molecule has 0 fully saturated rings. The fourth-order valence-corrected chi connectivity index (χ4v) is 4.03. The lowest BCUT2D eigenvalue weighted by Crippen LogP contribution is -2.15. The van der Waals surface area contributed by atoms with Crippen LogP contribution in [0, 0.1) is 6.92 Å². The minimum atomic E-state index is -3.70. The van der Waals surface area contributed by atoms with Crippen LogP contribution >= 0.6 is 31.9 Å². The number of aryl methyl sites for hydroxylation is 1. The fourth-order valence-electron chi connectivity index (χ4n) is 1.82. The highest BCUT2D eigenvalue weighted by atomic mass is 79.9. The number of hydrogen-bond acceptors (Lipinski definition) is 3. The average molecular weight is 435 g/mol. The first-order chi connectivity index (χ1) is 9.83. The van der Waals surface area contributed by atoms with E-state index in [0.717, 1.165) is 4.47 Å². The van der Waals surface area contributed by atoms with Crippen LogP contribution in [0.4, 0.5) is 5.69 Å². The molecule has 0 saturated heterocycles. The Labute approximate surface area is 140 Å². The number of halogens is 2. The Kier molecular flexibility index (Phi) is 4.95. The summed E-state index contributed by atoms with van der Waals surface area (Å²) in [7, 11) is -2.21. The number of methoxy groups -OCH3 is 1. The zero-order valence-corrected chi connectivity index (χ0v) is 15.3. The summed E-state index contributed by atoms with van der Waals surface area (Å²) in [5.41, 5.74) is 1.05. The molecule has 21 heavy (non-hydrogen) atoms. The van der Waals surface area contributed by atoms with Gasteiger partial charge < -0.3 is 4.74 Å². The van der Waals surface area contributed by atoms with Crippen LogP contribution in [0.25, 0.3) is 0 Å². The zero-order chi connectivity index (χ0) is 15.6. The number of hydrogen-bond donors (Lipinski definition) is 1. The molecule has 2 aromatic carbocycles. The van der Waals surface area contributed by atoms with Crippen molar-refractivity contribution in [1.82, 2.24) is 0 Å². The molecule has 0 radical (unpaired) electrons. The quantitative estimate of drug-likeness (QED) is 0.778. The standard InChI is InChI=1S/C14H13Br2NO3S/c1-9-3-4-11(16)8-14(9)21(18,19)17-12-7-10(15)5-6-13(12)20-2/h3-8,17H,1-2H3. The first-order valence-electron chi connectivity index (χ1n) is 5.96. The average Bonchev–Trinajstić information content (AvgIpc) is 2.41. The van der Waals surface area contributed by atoms with Crippen molar-refractivity contribution in [2.45, 2.75) is 11.8 Å². The van der Waals surface area contributed by atoms with Crippen LogP contribution in [0.15, 0.2) is 50.2 Å². The van der Waals surface area contributed by atoms with E-state index in [2.05, 4.69) is 36.6 Å². The van der Waals surface area contributed by atoms with E-state index in [9.17, 15) is 8.42 Å². The lowest BCUT2D eigenvalue weighted by atomic mass is 10.2. The zero-order valence-electron chi connectivity index (χ0n) is 11.4. The number of anilines is 1. The third kappa shape index (κ3) is 3.78. The van der Waals surface area contributed by atoms with Gasteiger partial charge in [0.2, 0.25) is 0 Å². The van der Waals surface area contributed by atoms with E-state index in [1.54, 1.807) is 43.3 Å². The molecule has 0 unspecified atom stereocenters. The highest BCUT2D eigenvalue weighted by Crippen LogP contribution is 2.31. The number of nitrogens with one attached hydrogen (secondary N) is 1. The molecule has 4 nitrogen and oxygen atoms in total. The van der Waals surface area contributed by atoms with Gasteiger partial charge in [0.1, 0.15) is 5.75 Å². The molecule has 2 rings (SSSR count). The normalized spacial score (nSPS) is 11.2. The molecule has 0 aliphatic carbocycles. The largest absolute Gasteiger partial charge is 0.495 e. The molecule has 0 amide bonds. The minimum absolute atomic E-state index is 0.221. The van der Waals surface area contributed by atoms with Gasteiger partial charge in [-0.15, -0.1) is 0 Å². The number of ether oxygens (including phenoxy) is 1. The number of rotatable bonds is 4. The number of benzene rings is 2. The molecule has 7 heteroatoms. The molecule has 0 aromatic heterocycles. The molecule has 0 saturated carbocycles. The van der Waals surface area contributed by atoms with Crippen molar-refractivity contribution in [2.24, 2.45) is 0 Å². The Morgan fingerprint density at radius 2 is 1.67 bits per heavy atom. The molecule has 1 N–H and O–H groups in total. The van der Waals surface area contributed by atoms with E-state index < -0.39 is 10.0 Å². The van der Waals surface area contributed by atoms with Gasteiger partial charge in [-0.25, -0.2) is 8.42 Å². The Hall–Kier alpha value is -1.05. The predicted molar refractivity (Wildman–Crippen MR) is 90.4 cm³/mol. The Morgan fingerprint density at radius 3 is 2.33 bits per heavy atom. The summed E-state index contributed by atoms with van der Waals surface area (Å²) in [6.07, 6.45) is 0. The third-order valence-electron chi connectivity index (χ3n) is 2.85. The van der Waals surface area contributed by atoms with Crippen LogP contribution in [0.3, 0.4) is 0 Å². The molecule has 112 valence electrons. The Morgan fingerprint density at radius 1 is 1.05 bits per heavy atom. The van der Waals surface area contributed by atoms with E-state index in [-0.39, 0.29) is 4.90 Å². The molecule has 0 heterocycles. The van der Waals surface area contributed by atoms with Gasteiger partial charge in [-0.2, -0.15) is 0 Å². The van der Waals surface area contributed by atoms with Gasteiger partial charge in [0.15, 0.2) is 0 Å². The molecule has 0 aliphatic rings. The van der Waals surface area contributed by atoms with Crippen molar-refractivity contribution in [2.75, 3.05) is 11.8 Å². The van der Waals surface area contributed by atoms with Gasteiger partial charge in [0.05, 0.1) is 17.7 Å². The first kappa shape index (κ1) is 16.3. The summed E-state index contributed by atoms with van der Waals surface area (Å²) in [6, 6.07) is 10.2. The molecule has 0 aliphatic heterocycles. The van der Waals surface area contributed by atoms with Gasteiger partial charge in [-0.1, -0.05) is 37.9 Å². The first-order valence-corrected chi connectivity index (χ1v) is 9.03. The summed E-state index contributed by atoms with van der Waals surface area (Å²) in [4.78, 5) is 0.221. The van der Waals surface area contributed by atoms with Crippen molar-refractivity contribution >= 4 is 47.6 Å². The van der Waals surface area contributed by atoms with Crippen LogP contribution in [0.2, 0.25) is 0 Å². The number of sulfonamides is 1. The van der Waals surface area contributed by atoms with Crippen molar-refractivity contribution in [3.63, 3.8) is 0 Å². The summed E-state index contributed by atoms with van der Waals surface area (Å²) in [5.74, 6) is 0.453. The maximum Gasteiger partial charge on any atom is 0.262 e. The molecule has 0 spiro atoms. The highest BCUT2D eigenvalue weighted by molar-refractivity contribution is 9.10. The summed E-state index contributed by atoms with van der Waals surface area (Å²) < 4.78 is 34.3. The lowest BCUT2D eigenvalue weighted by molar-refractivity contribution is 0.417. The van der Waals surface area contributed by atoms with Crippen molar-refractivity contribution in [1.29, 1.82) is 0 Å². The van der Waals surface area contributed by atoms with Crippen LogP contribution in [0.1, 0.15) is 5.56 Å². The van der Waals surface area contributed by atoms with Gasteiger partial charge in [0, 0.05) is 8.95 Å². The highest BCUT2D eigenvalue weighted by Gasteiger charge is 2.19. The maximum atomic E-state index is 12.6. The van der Waals surface area contributed by atoms with E-state index in [4.69, 9.17) is 4.74 Å². The lowest BCUT2D eigenvalue weighted by Gasteiger charge is -2.13. The van der Waals surface area contributed by atoms with Crippen LogP contribution in [-0.4, -0.2) is 15.5 Å². The minimum Gasteiger partial charge on any atom is -0.495 e. The molecule has 2 aromatic rings. The van der Waals surface area contributed by atoms with E-state index >= 15 is 0 Å². The van der Waals surface area contributed by atoms with Crippen LogP contribution in [0.5, 0.6) is 5.75 Å². The van der Waals surface area contributed by atoms with Crippen LogP contribution in [-0.2, 0) is 10.0 Å². The van der Waals surface area contributed by atoms with Crippen molar-refractivity contribution < 1.29 is 13.2 Å². The predicted octanol–water partition coefficient (Wildman–Crippen LogP) is 4.33. The second-order valence-electron chi connectivity index (χ2n) is 4.36. The van der Waals surface area contributed by atoms with Gasteiger partial charge >= 0.3 is 0 Å². The molecular formula is C14H13Br2NO3S. The third-order valence-corrected chi connectivity index (χ3v) is 5.34. The van der Waals surface area contributed by atoms with E-state index in [1.807, 2.05) is 0 Å². The van der Waals surface area contributed by atoms with E-state index in [0.29, 0.717) is 21.5 Å². The Bertz CT molecular complexity index is 776. The van der Waals surface area contributed by atoms with Crippen molar-refractivity contribution in [3.8, 4) is 5.75 Å². The van der Waals surface area contributed by atoms with Gasteiger partial charge in [0.25, 0.3) is 10.0 Å². The summed E-state index contributed by atoms with van der Waals surface area (Å²) >= 11 is 6.61. The second kappa shape index (κ2) is 6.37. The molecule has 0 atom stereocenters. The topological polar surface area (TPSA) is 55.4 Å². The fraction of sp³-hybridized carbons (Fsp3) is 0.143. The van der Waals surface area contributed by atoms with Crippen LogP contribution < -0.4 is 9.46 Å². The smallest absolute Gasteiger partial charge is 0.262 e. The second-order valence-corrected chi connectivity index (χ2v) is 7.84. The van der Waals surface area contributed by atoms with Gasteiger partial charge in [-0.05, 0) is 42.8 Å².